The number of nitrogens with one attached hydrogen (secondary N) is 2. The fraction of sp³-hybridized carbons (Fsp3) is 0.667. The maximum atomic E-state index is 13.8. The van der Waals surface area contributed by atoms with E-state index in [9.17, 15) is 19.5 Å². The average Bonchev–Trinajstić information content (AvgIpc) is 2.74. The molecule has 196 valence electrons. The first-order valence-corrected chi connectivity index (χ1v) is 12.8. The molecule has 35 heavy (non-hydrogen) atoms. The summed E-state index contributed by atoms with van der Waals surface area (Å²) >= 11 is 0. The Labute approximate surface area is 209 Å². The Morgan fingerprint density at radius 1 is 1.14 bits per heavy atom. The lowest BCUT2D eigenvalue weighted by molar-refractivity contribution is -0.148. The number of aliphatic hydroxyl groups is 1. The van der Waals surface area contributed by atoms with E-state index < -0.39 is 36.3 Å². The van der Waals surface area contributed by atoms with E-state index >= 15 is 0 Å². The zero-order valence-corrected chi connectivity index (χ0v) is 22.1. The van der Waals surface area contributed by atoms with E-state index in [-0.39, 0.29) is 11.9 Å². The zero-order chi connectivity index (χ0) is 26.2. The molecule has 1 aromatic rings. The van der Waals surface area contributed by atoms with E-state index in [4.69, 9.17) is 4.74 Å². The Balaban J connectivity index is 2.39. The number of nitrogens with zero attached hydrogens (tertiary/aromatic N) is 1. The molecule has 0 bridgehead atoms. The van der Waals surface area contributed by atoms with Gasteiger partial charge in [0.1, 0.15) is 17.7 Å². The van der Waals surface area contributed by atoms with Crippen molar-refractivity contribution in [1.29, 1.82) is 0 Å². The van der Waals surface area contributed by atoms with Crippen LogP contribution in [-0.2, 0) is 14.3 Å². The van der Waals surface area contributed by atoms with Crippen molar-refractivity contribution in [2.45, 2.75) is 104 Å². The van der Waals surface area contributed by atoms with Gasteiger partial charge in [0.05, 0.1) is 6.61 Å². The van der Waals surface area contributed by atoms with Gasteiger partial charge >= 0.3 is 6.09 Å². The van der Waals surface area contributed by atoms with Gasteiger partial charge in [0, 0.05) is 12.6 Å². The number of aryl methyl sites for hydroxylation is 2. The molecule has 3 amide bonds. The van der Waals surface area contributed by atoms with Gasteiger partial charge in [-0.05, 0) is 77.0 Å². The average molecular weight is 490 g/mol. The lowest BCUT2D eigenvalue weighted by Crippen LogP contribution is -2.58. The van der Waals surface area contributed by atoms with Crippen molar-refractivity contribution in [1.82, 2.24) is 15.5 Å². The molecular weight excluding hydrogens is 446 g/mol. The van der Waals surface area contributed by atoms with Crippen molar-refractivity contribution >= 4 is 17.9 Å². The number of ether oxygens (including phenoxy) is 1. The SMILES string of the molecule is CCCCCNC(=O)C(c1ccc(C)c(C)c1)N(C(=O)C(CO)NC(=O)OC(C)(C)C)C1CCC1. The molecule has 8 nitrogen and oxygen atoms in total. The topological polar surface area (TPSA) is 108 Å². The summed E-state index contributed by atoms with van der Waals surface area (Å²) in [7, 11) is 0. The van der Waals surface area contributed by atoms with Crippen LogP contribution < -0.4 is 10.6 Å². The minimum atomic E-state index is -1.22. The normalized spacial score (nSPS) is 15.5. The zero-order valence-electron chi connectivity index (χ0n) is 22.1. The molecule has 0 radical (unpaired) electrons. The Morgan fingerprint density at radius 3 is 2.34 bits per heavy atom. The van der Waals surface area contributed by atoms with Crippen LogP contribution in [0.1, 0.15) is 89.0 Å². The fourth-order valence-corrected chi connectivity index (χ4v) is 4.05. The van der Waals surface area contributed by atoms with Crippen LogP contribution in [0.2, 0.25) is 0 Å². The summed E-state index contributed by atoms with van der Waals surface area (Å²) in [5.74, 6) is -0.742. The van der Waals surface area contributed by atoms with Crippen LogP contribution in [-0.4, -0.2) is 58.8 Å². The van der Waals surface area contributed by atoms with Crippen molar-refractivity contribution in [3.05, 3.63) is 34.9 Å². The second-order valence-corrected chi connectivity index (χ2v) is 10.5. The molecule has 1 saturated carbocycles. The van der Waals surface area contributed by atoms with E-state index in [2.05, 4.69) is 17.6 Å². The Hall–Kier alpha value is -2.61. The van der Waals surface area contributed by atoms with E-state index in [1.165, 1.54) is 0 Å². The summed E-state index contributed by atoms with van der Waals surface area (Å²) in [5.41, 5.74) is 2.09. The molecule has 0 heterocycles. The lowest BCUT2D eigenvalue weighted by Gasteiger charge is -2.43. The predicted octanol–water partition coefficient (Wildman–Crippen LogP) is 3.92. The molecule has 1 aliphatic carbocycles. The van der Waals surface area contributed by atoms with Gasteiger partial charge in [-0.3, -0.25) is 9.59 Å². The third kappa shape index (κ3) is 8.23. The Kier molecular flexibility index (Phi) is 10.6. The van der Waals surface area contributed by atoms with Crippen molar-refractivity contribution in [3.8, 4) is 0 Å². The minimum absolute atomic E-state index is 0.148. The second-order valence-electron chi connectivity index (χ2n) is 10.5. The molecular formula is C27H43N3O5. The first-order chi connectivity index (χ1) is 16.5. The summed E-state index contributed by atoms with van der Waals surface area (Å²) in [4.78, 5) is 41.3. The largest absolute Gasteiger partial charge is 0.444 e. The number of alkyl carbamates (subject to hydrolysis) is 1. The first-order valence-electron chi connectivity index (χ1n) is 12.8. The second kappa shape index (κ2) is 12.9. The summed E-state index contributed by atoms with van der Waals surface area (Å²) in [6, 6.07) is 3.56. The van der Waals surface area contributed by atoms with Crippen molar-refractivity contribution in [3.63, 3.8) is 0 Å². The third-order valence-corrected chi connectivity index (χ3v) is 6.35. The van der Waals surface area contributed by atoms with Crippen LogP contribution >= 0.6 is 0 Å². The molecule has 2 atom stereocenters. The van der Waals surface area contributed by atoms with Crippen LogP contribution in [0.15, 0.2) is 18.2 Å². The van der Waals surface area contributed by atoms with Gasteiger partial charge in [0.15, 0.2) is 0 Å². The van der Waals surface area contributed by atoms with Crippen LogP contribution in [0.25, 0.3) is 0 Å². The van der Waals surface area contributed by atoms with E-state index in [0.29, 0.717) is 6.54 Å². The number of unbranched alkanes of at least 4 members (excludes halogenated alkanes) is 2. The molecule has 0 aromatic heterocycles. The van der Waals surface area contributed by atoms with Gasteiger partial charge in [-0.15, -0.1) is 0 Å². The third-order valence-electron chi connectivity index (χ3n) is 6.35. The first kappa shape index (κ1) is 28.6. The van der Waals surface area contributed by atoms with Gasteiger partial charge in [0.2, 0.25) is 11.8 Å². The highest BCUT2D eigenvalue weighted by atomic mass is 16.6. The van der Waals surface area contributed by atoms with Crippen molar-refractivity contribution in [2.24, 2.45) is 0 Å². The Bertz CT molecular complexity index is 876. The molecule has 8 heteroatoms. The number of carbonyl (C=O) groups is 3. The molecule has 0 aliphatic heterocycles. The van der Waals surface area contributed by atoms with Crippen LogP contribution in [0, 0.1) is 13.8 Å². The van der Waals surface area contributed by atoms with Crippen LogP contribution in [0.5, 0.6) is 0 Å². The summed E-state index contributed by atoms with van der Waals surface area (Å²) in [6.45, 7) is 11.2. The summed E-state index contributed by atoms with van der Waals surface area (Å²) < 4.78 is 5.29. The van der Waals surface area contributed by atoms with Crippen LogP contribution in [0.4, 0.5) is 4.79 Å². The van der Waals surface area contributed by atoms with Crippen LogP contribution in [0.3, 0.4) is 0 Å². The molecule has 2 rings (SSSR count). The van der Waals surface area contributed by atoms with Crippen molar-refractivity contribution in [2.75, 3.05) is 13.2 Å². The van der Waals surface area contributed by atoms with Gasteiger partial charge in [-0.1, -0.05) is 38.0 Å². The highest BCUT2D eigenvalue weighted by molar-refractivity contribution is 5.92. The van der Waals surface area contributed by atoms with Crippen molar-refractivity contribution < 1.29 is 24.2 Å². The van der Waals surface area contributed by atoms with Gasteiger partial charge in [-0.25, -0.2) is 4.79 Å². The summed E-state index contributed by atoms with van der Waals surface area (Å²) in [5, 5.41) is 15.5. The van der Waals surface area contributed by atoms with E-state index in [1.54, 1.807) is 25.7 Å². The van der Waals surface area contributed by atoms with Gasteiger partial charge in [0.25, 0.3) is 0 Å². The van der Waals surface area contributed by atoms with E-state index in [0.717, 1.165) is 55.2 Å². The number of amides is 3. The smallest absolute Gasteiger partial charge is 0.408 e. The molecule has 0 spiro atoms. The summed E-state index contributed by atoms with van der Waals surface area (Å²) in [6.07, 6.45) is 4.60. The maximum absolute atomic E-state index is 13.8. The number of hydrogen-bond donors (Lipinski definition) is 3. The highest BCUT2D eigenvalue weighted by Crippen LogP contribution is 2.34. The van der Waals surface area contributed by atoms with Gasteiger partial charge in [-0.2, -0.15) is 0 Å². The maximum Gasteiger partial charge on any atom is 0.408 e. The molecule has 1 aliphatic rings. The number of aliphatic hydroxyl groups excluding tert-OH is 1. The quantitative estimate of drug-likeness (QED) is 0.409. The number of carbonyl (C=O) groups excluding carboxylic acids is 3. The fourth-order valence-electron chi connectivity index (χ4n) is 4.05. The standard InChI is InChI=1S/C27H43N3O5/c1-7-8-9-15-28-24(32)23(20-14-13-18(2)19(3)16-20)30(21-11-10-12-21)25(33)22(17-31)29-26(34)35-27(4,5)6/h13-14,16,21-23,31H,7-12,15,17H2,1-6H3,(H,28,32)(H,29,34). The molecule has 3 N–H and O–H groups in total. The lowest BCUT2D eigenvalue weighted by atomic mass is 9.87. The highest BCUT2D eigenvalue weighted by Gasteiger charge is 2.41. The van der Waals surface area contributed by atoms with Gasteiger partial charge < -0.3 is 25.4 Å². The molecule has 2 unspecified atom stereocenters. The molecule has 1 aromatic carbocycles. The predicted molar refractivity (Wildman–Crippen MR) is 136 cm³/mol. The monoisotopic (exact) mass is 489 g/mol. The van der Waals surface area contributed by atoms with E-state index in [1.807, 2.05) is 32.0 Å². The molecule has 0 saturated heterocycles. The molecule has 1 fully saturated rings. The minimum Gasteiger partial charge on any atom is -0.444 e. The number of rotatable bonds is 11. The number of hydrogen-bond acceptors (Lipinski definition) is 5. The number of benzene rings is 1. The Morgan fingerprint density at radius 2 is 1.83 bits per heavy atom.